The smallest absolute Gasteiger partial charge is 0.0593 e. The first-order valence-electron chi connectivity index (χ1n) is 9.29. The van der Waals surface area contributed by atoms with Gasteiger partial charge in [-0.15, -0.1) is 0 Å². The van der Waals surface area contributed by atoms with Crippen molar-refractivity contribution in [2.45, 2.75) is 60.8 Å². The summed E-state index contributed by atoms with van der Waals surface area (Å²) < 4.78 is 11.5. The Bertz CT molecular complexity index is 211. The summed E-state index contributed by atoms with van der Waals surface area (Å²) in [5.74, 6) is 2.21. The normalized spacial score (nSPS) is 12.3. The van der Waals surface area contributed by atoms with Crippen molar-refractivity contribution in [2.75, 3.05) is 46.1 Å². The maximum atomic E-state index is 5.76. The number of ether oxygens (including phenoxy) is 2. The van der Waals surface area contributed by atoms with Crippen LogP contribution in [0.3, 0.4) is 0 Å². The summed E-state index contributed by atoms with van der Waals surface area (Å²) in [4.78, 5) is 2.49. The molecule has 3 nitrogen and oxygen atoms in total. The molecule has 0 aliphatic carbocycles. The minimum Gasteiger partial charge on any atom is -0.380 e. The zero-order valence-corrected chi connectivity index (χ0v) is 16.1. The van der Waals surface area contributed by atoms with E-state index in [1.807, 2.05) is 0 Å². The monoisotopic (exact) mass is 315 g/mol. The maximum Gasteiger partial charge on any atom is 0.0593 e. The van der Waals surface area contributed by atoms with Crippen LogP contribution in [0.1, 0.15) is 60.8 Å². The fourth-order valence-electron chi connectivity index (χ4n) is 2.01. The highest BCUT2D eigenvalue weighted by atomic mass is 16.5. The number of hydrogen-bond donors (Lipinski definition) is 0. The van der Waals surface area contributed by atoms with Gasteiger partial charge >= 0.3 is 0 Å². The number of nitrogens with zero attached hydrogens (tertiary/aromatic N) is 1. The van der Waals surface area contributed by atoms with E-state index in [0.29, 0.717) is 0 Å². The van der Waals surface area contributed by atoms with Crippen molar-refractivity contribution in [3.05, 3.63) is 0 Å². The van der Waals surface area contributed by atoms with E-state index in [0.717, 1.165) is 76.7 Å². The SMILES string of the molecule is CC(C)CCOCCN(CCOCCC(C)C)CCC(C)C. The molecule has 0 rings (SSSR count). The van der Waals surface area contributed by atoms with Gasteiger partial charge in [0.25, 0.3) is 0 Å². The van der Waals surface area contributed by atoms with E-state index in [9.17, 15) is 0 Å². The van der Waals surface area contributed by atoms with Crippen LogP contribution in [0.2, 0.25) is 0 Å². The summed E-state index contributed by atoms with van der Waals surface area (Å²) in [6.07, 6.45) is 3.56. The Morgan fingerprint density at radius 2 is 0.955 bits per heavy atom. The lowest BCUT2D eigenvalue weighted by Gasteiger charge is -2.23. The maximum absolute atomic E-state index is 5.76. The fraction of sp³-hybridized carbons (Fsp3) is 1.00. The van der Waals surface area contributed by atoms with Gasteiger partial charge in [0, 0.05) is 26.3 Å². The van der Waals surface area contributed by atoms with Crippen molar-refractivity contribution < 1.29 is 9.47 Å². The molecule has 134 valence electrons. The predicted octanol–water partition coefficient (Wildman–Crippen LogP) is 4.46. The van der Waals surface area contributed by atoms with Gasteiger partial charge in [-0.05, 0) is 43.6 Å². The lowest BCUT2D eigenvalue weighted by Crippen LogP contribution is -2.33. The summed E-state index contributed by atoms with van der Waals surface area (Å²) in [5, 5.41) is 0. The lowest BCUT2D eigenvalue weighted by atomic mass is 10.1. The van der Waals surface area contributed by atoms with Crippen LogP contribution in [0.4, 0.5) is 0 Å². The Labute approximate surface area is 139 Å². The summed E-state index contributed by atoms with van der Waals surface area (Å²) in [7, 11) is 0. The zero-order chi connectivity index (χ0) is 16.8. The van der Waals surface area contributed by atoms with Gasteiger partial charge in [-0.2, -0.15) is 0 Å². The van der Waals surface area contributed by atoms with Crippen molar-refractivity contribution in [3.8, 4) is 0 Å². The Balaban J connectivity index is 3.79. The van der Waals surface area contributed by atoms with Gasteiger partial charge in [-0.1, -0.05) is 41.5 Å². The second kappa shape index (κ2) is 14.5. The Hall–Kier alpha value is -0.120. The average Bonchev–Trinajstić information content (AvgIpc) is 2.42. The van der Waals surface area contributed by atoms with Gasteiger partial charge < -0.3 is 9.47 Å². The van der Waals surface area contributed by atoms with Crippen LogP contribution in [0.25, 0.3) is 0 Å². The molecule has 0 aliphatic rings. The third kappa shape index (κ3) is 16.3. The molecule has 0 saturated carbocycles. The van der Waals surface area contributed by atoms with E-state index in [2.05, 4.69) is 46.4 Å². The fourth-order valence-corrected chi connectivity index (χ4v) is 2.01. The number of hydrogen-bond acceptors (Lipinski definition) is 3. The van der Waals surface area contributed by atoms with Gasteiger partial charge in [-0.25, -0.2) is 0 Å². The highest BCUT2D eigenvalue weighted by molar-refractivity contribution is 4.59. The van der Waals surface area contributed by atoms with Crippen molar-refractivity contribution in [2.24, 2.45) is 17.8 Å². The van der Waals surface area contributed by atoms with E-state index >= 15 is 0 Å². The molecule has 0 N–H and O–H groups in total. The van der Waals surface area contributed by atoms with Gasteiger partial charge in [0.2, 0.25) is 0 Å². The Morgan fingerprint density at radius 1 is 0.545 bits per heavy atom. The molecular formula is C19H41NO2. The highest BCUT2D eigenvalue weighted by Crippen LogP contribution is 2.04. The van der Waals surface area contributed by atoms with Crippen LogP contribution in [0, 0.1) is 17.8 Å². The first-order valence-corrected chi connectivity index (χ1v) is 9.29. The molecule has 0 heterocycles. The lowest BCUT2D eigenvalue weighted by molar-refractivity contribution is 0.0667. The molecule has 0 fully saturated rings. The molecule has 0 aromatic carbocycles. The Kier molecular flexibility index (Phi) is 14.4. The molecule has 0 aliphatic heterocycles. The van der Waals surface area contributed by atoms with Crippen molar-refractivity contribution in [1.82, 2.24) is 4.90 Å². The van der Waals surface area contributed by atoms with E-state index < -0.39 is 0 Å². The first-order chi connectivity index (χ1) is 10.4. The highest BCUT2D eigenvalue weighted by Gasteiger charge is 2.07. The van der Waals surface area contributed by atoms with Gasteiger partial charge in [0.1, 0.15) is 0 Å². The minimum absolute atomic E-state index is 0.728. The first kappa shape index (κ1) is 21.9. The average molecular weight is 316 g/mol. The van der Waals surface area contributed by atoms with Crippen LogP contribution in [-0.2, 0) is 9.47 Å². The molecule has 3 heteroatoms. The topological polar surface area (TPSA) is 21.7 Å². The van der Waals surface area contributed by atoms with Crippen molar-refractivity contribution >= 4 is 0 Å². The third-order valence-electron chi connectivity index (χ3n) is 3.81. The Morgan fingerprint density at radius 3 is 1.32 bits per heavy atom. The van der Waals surface area contributed by atoms with Crippen LogP contribution >= 0.6 is 0 Å². The van der Waals surface area contributed by atoms with Crippen LogP contribution < -0.4 is 0 Å². The molecule has 0 aromatic heterocycles. The summed E-state index contributed by atoms with van der Waals surface area (Å²) in [5.41, 5.74) is 0. The number of rotatable bonds is 15. The van der Waals surface area contributed by atoms with Crippen molar-refractivity contribution in [3.63, 3.8) is 0 Å². The van der Waals surface area contributed by atoms with E-state index in [1.165, 1.54) is 6.42 Å². The summed E-state index contributed by atoms with van der Waals surface area (Å²) in [6.45, 7) is 20.2. The second-order valence-electron chi connectivity index (χ2n) is 7.61. The van der Waals surface area contributed by atoms with Crippen LogP contribution in [-0.4, -0.2) is 51.0 Å². The van der Waals surface area contributed by atoms with Gasteiger partial charge in [-0.3, -0.25) is 4.90 Å². The molecular weight excluding hydrogens is 274 g/mol. The summed E-state index contributed by atoms with van der Waals surface area (Å²) in [6, 6.07) is 0. The molecule has 0 radical (unpaired) electrons. The molecule has 0 unspecified atom stereocenters. The molecule has 0 atom stereocenters. The molecule has 0 bridgehead atoms. The zero-order valence-electron chi connectivity index (χ0n) is 16.1. The molecule has 0 aromatic rings. The van der Waals surface area contributed by atoms with Gasteiger partial charge in [0.05, 0.1) is 13.2 Å². The van der Waals surface area contributed by atoms with E-state index in [1.54, 1.807) is 0 Å². The van der Waals surface area contributed by atoms with Crippen LogP contribution in [0.5, 0.6) is 0 Å². The predicted molar refractivity (Wildman–Crippen MR) is 96.4 cm³/mol. The van der Waals surface area contributed by atoms with Crippen molar-refractivity contribution in [1.29, 1.82) is 0 Å². The summed E-state index contributed by atoms with van der Waals surface area (Å²) >= 11 is 0. The van der Waals surface area contributed by atoms with Crippen LogP contribution in [0.15, 0.2) is 0 Å². The standard InChI is InChI=1S/C19H41NO2/c1-17(2)7-10-20(11-15-21-13-8-18(3)4)12-16-22-14-9-19(5)6/h17-19H,7-16H2,1-6H3. The molecule has 0 saturated heterocycles. The van der Waals surface area contributed by atoms with Gasteiger partial charge in [0.15, 0.2) is 0 Å². The second-order valence-corrected chi connectivity index (χ2v) is 7.61. The molecule has 0 spiro atoms. The molecule has 22 heavy (non-hydrogen) atoms. The third-order valence-corrected chi connectivity index (χ3v) is 3.81. The quantitative estimate of drug-likeness (QED) is 0.416. The minimum atomic E-state index is 0.728. The largest absolute Gasteiger partial charge is 0.380 e. The van der Waals surface area contributed by atoms with E-state index in [-0.39, 0.29) is 0 Å². The molecule has 0 amide bonds. The van der Waals surface area contributed by atoms with E-state index in [4.69, 9.17) is 9.47 Å².